The van der Waals surface area contributed by atoms with Crippen molar-refractivity contribution in [2.75, 3.05) is 32.2 Å². The van der Waals surface area contributed by atoms with Gasteiger partial charge in [0.05, 0.1) is 29.9 Å². The monoisotopic (exact) mass is 512 g/mol. The third-order valence-electron chi connectivity index (χ3n) is 6.49. The zero-order valence-electron chi connectivity index (χ0n) is 20.6. The number of hydrogen-bond donors (Lipinski definition) is 2. The zero-order valence-corrected chi connectivity index (χ0v) is 21.4. The third-order valence-corrected chi connectivity index (χ3v) is 8.24. The summed E-state index contributed by atoms with van der Waals surface area (Å²) in [4.78, 5) is 17.8. The summed E-state index contributed by atoms with van der Waals surface area (Å²) in [6.45, 7) is 5.23. The quantitative estimate of drug-likeness (QED) is 0.450. The van der Waals surface area contributed by atoms with Crippen molar-refractivity contribution >= 4 is 26.5 Å². The molecule has 0 bridgehead atoms. The second-order valence-corrected chi connectivity index (χ2v) is 11.3. The van der Waals surface area contributed by atoms with E-state index in [1.165, 1.54) is 12.1 Å². The first kappa shape index (κ1) is 26.1. The van der Waals surface area contributed by atoms with E-state index in [4.69, 9.17) is 9.47 Å². The molecule has 1 amide bonds. The van der Waals surface area contributed by atoms with E-state index in [2.05, 4.69) is 10.3 Å². The highest BCUT2D eigenvalue weighted by molar-refractivity contribution is 7.91. The molecule has 4 rings (SSSR count). The number of pyridine rings is 1. The summed E-state index contributed by atoms with van der Waals surface area (Å²) in [5.41, 5.74) is 1.84. The summed E-state index contributed by atoms with van der Waals surface area (Å²) in [6.07, 6.45) is 1.94. The number of carbonyl (C=O) groups excluding carboxylic acids is 1. The summed E-state index contributed by atoms with van der Waals surface area (Å²) in [6, 6.07) is 12.8. The van der Waals surface area contributed by atoms with Gasteiger partial charge >= 0.3 is 0 Å². The van der Waals surface area contributed by atoms with E-state index in [-0.39, 0.29) is 23.2 Å². The molecule has 192 valence electrons. The summed E-state index contributed by atoms with van der Waals surface area (Å²) in [7, 11) is -3.32. The molecule has 0 unspecified atom stereocenters. The Morgan fingerprint density at radius 3 is 2.56 bits per heavy atom. The van der Waals surface area contributed by atoms with Crippen molar-refractivity contribution in [3.05, 3.63) is 65.4 Å². The topological polar surface area (TPSA) is 115 Å². The number of benzene rings is 2. The lowest BCUT2D eigenvalue weighted by molar-refractivity contribution is 0.0493. The lowest BCUT2D eigenvalue weighted by Gasteiger charge is -2.22. The predicted molar refractivity (Wildman–Crippen MR) is 137 cm³/mol. The largest absolute Gasteiger partial charge is 0.477 e. The van der Waals surface area contributed by atoms with Gasteiger partial charge in [-0.3, -0.25) is 4.79 Å². The van der Waals surface area contributed by atoms with Crippen LogP contribution >= 0.6 is 0 Å². The Morgan fingerprint density at radius 1 is 1.17 bits per heavy atom. The number of rotatable bonds is 9. The smallest absolute Gasteiger partial charge is 0.251 e. The van der Waals surface area contributed by atoms with Crippen molar-refractivity contribution in [2.45, 2.75) is 37.6 Å². The van der Waals surface area contributed by atoms with Crippen molar-refractivity contribution in [1.29, 1.82) is 0 Å². The fourth-order valence-electron chi connectivity index (χ4n) is 4.27. The van der Waals surface area contributed by atoms with Gasteiger partial charge in [0.1, 0.15) is 0 Å². The number of sulfone groups is 1. The van der Waals surface area contributed by atoms with Gasteiger partial charge in [0.25, 0.3) is 5.91 Å². The van der Waals surface area contributed by atoms with Gasteiger partial charge < -0.3 is 19.9 Å². The number of fused-ring (bicyclic) bond motifs is 1. The summed E-state index contributed by atoms with van der Waals surface area (Å²) in [5, 5.41) is 14.4. The molecule has 2 heterocycles. The Balaban J connectivity index is 1.50. The minimum atomic E-state index is -3.32. The average Bonchev–Trinajstić information content (AvgIpc) is 2.90. The van der Waals surface area contributed by atoms with Gasteiger partial charge in [-0.2, -0.15) is 0 Å². The molecule has 2 aromatic carbocycles. The van der Waals surface area contributed by atoms with Crippen LogP contribution in [0.15, 0.2) is 53.4 Å². The van der Waals surface area contributed by atoms with Gasteiger partial charge in [-0.05, 0) is 73.0 Å². The van der Waals surface area contributed by atoms with Gasteiger partial charge in [0, 0.05) is 29.9 Å². The lowest BCUT2D eigenvalue weighted by Crippen LogP contribution is -2.30. The second-order valence-electron chi connectivity index (χ2n) is 9.05. The molecule has 1 aromatic heterocycles. The molecule has 36 heavy (non-hydrogen) atoms. The molecule has 1 aliphatic heterocycles. The van der Waals surface area contributed by atoms with Crippen LogP contribution in [0, 0.1) is 12.8 Å². The van der Waals surface area contributed by atoms with E-state index in [0.29, 0.717) is 29.5 Å². The van der Waals surface area contributed by atoms with Crippen molar-refractivity contribution in [2.24, 2.45) is 5.92 Å². The number of aromatic nitrogens is 1. The normalized spacial score (nSPS) is 15.5. The molecule has 9 heteroatoms. The van der Waals surface area contributed by atoms with Crippen molar-refractivity contribution in [1.82, 2.24) is 10.3 Å². The van der Waals surface area contributed by atoms with E-state index in [9.17, 15) is 18.3 Å². The van der Waals surface area contributed by atoms with Crippen LogP contribution in [0.5, 0.6) is 5.88 Å². The number of aliphatic hydroxyl groups is 1. The van der Waals surface area contributed by atoms with E-state index in [1.54, 1.807) is 31.2 Å². The highest BCUT2D eigenvalue weighted by atomic mass is 32.2. The molecule has 1 saturated heterocycles. The van der Waals surface area contributed by atoms with Gasteiger partial charge in [0.2, 0.25) is 5.88 Å². The molecule has 1 aliphatic rings. The van der Waals surface area contributed by atoms with Crippen molar-refractivity contribution < 1.29 is 27.8 Å². The first-order valence-electron chi connectivity index (χ1n) is 12.2. The number of hydrogen-bond acceptors (Lipinski definition) is 7. The van der Waals surface area contributed by atoms with Gasteiger partial charge in [-0.25, -0.2) is 13.4 Å². The molecule has 0 saturated carbocycles. The molecule has 2 N–H and O–H groups in total. The van der Waals surface area contributed by atoms with Crippen LogP contribution in [0.4, 0.5) is 0 Å². The maximum absolute atomic E-state index is 13.0. The van der Waals surface area contributed by atoms with Crippen LogP contribution in [0.1, 0.15) is 47.4 Å². The summed E-state index contributed by atoms with van der Waals surface area (Å²) < 4.78 is 35.6. The van der Waals surface area contributed by atoms with Crippen molar-refractivity contribution in [3.8, 4) is 5.88 Å². The molecule has 8 nitrogen and oxygen atoms in total. The summed E-state index contributed by atoms with van der Waals surface area (Å²) >= 11 is 0. The number of amides is 1. The first-order valence-corrected chi connectivity index (χ1v) is 13.8. The average molecular weight is 513 g/mol. The molecule has 0 spiro atoms. The number of aliphatic hydroxyl groups excluding tert-OH is 1. The molecule has 1 atom stereocenters. The molecular weight excluding hydrogens is 480 g/mol. The Morgan fingerprint density at radius 2 is 1.89 bits per heavy atom. The van der Waals surface area contributed by atoms with E-state index < -0.39 is 15.9 Å². The Bertz CT molecular complexity index is 1320. The Kier molecular flexibility index (Phi) is 8.23. The number of nitrogens with one attached hydrogen (secondary N) is 1. The van der Waals surface area contributed by atoms with E-state index in [0.717, 1.165) is 42.5 Å². The van der Waals surface area contributed by atoms with Crippen LogP contribution in [0.3, 0.4) is 0 Å². The minimum absolute atomic E-state index is 0.00572. The maximum Gasteiger partial charge on any atom is 0.251 e. The maximum atomic E-state index is 13.0. The third kappa shape index (κ3) is 6.03. The van der Waals surface area contributed by atoms with Gasteiger partial charge in [0.15, 0.2) is 9.84 Å². The van der Waals surface area contributed by atoms with E-state index >= 15 is 0 Å². The highest BCUT2D eigenvalue weighted by Gasteiger charge is 2.19. The standard InChI is InChI=1S/C27H32N2O6S/c1-3-36(32,33)23-7-4-20(5-8-23)25(16-30)29-26(31)21-6-9-24-22(15-21)14-18(2)28-27(24)35-17-19-10-12-34-13-11-19/h4-9,14-15,19,25,30H,3,10-13,16-17H2,1-2H3,(H,29,31)/t25-/m0/s1. The highest BCUT2D eigenvalue weighted by Crippen LogP contribution is 2.27. The molecule has 1 fully saturated rings. The van der Waals surface area contributed by atoms with Gasteiger partial charge in [-0.15, -0.1) is 0 Å². The fourth-order valence-corrected chi connectivity index (χ4v) is 5.15. The number of nitrogens with zero attached hydrogens (tertiary/aromatic N) is 1. The fraction of sp³-hybridized carbons (Fsp3) is 0.407. The van der Waals surface area contributed by atoms with Crippen LogP contribution in [-0.2, 0) is 14.6 Å². The van der Waals surface area contributed by atoms with Crippen LogP contribution in [0.2, 0.25) is 0 Å². The predicted octanol–water partition coefficient (Wildman–Crippen LogP) is 3.61. The SMILES string of the molecule is CCS(=O)(=O)c1ccc([C@H](CO)NC(=O)c2ccc3c(OCC4CCOCC4)nc(C)cc3c2)cc1. The molecule has 0 aliphatic carbocycles. The second kappa shape index (κ2) is 11.4. The number of carbonyl (C=O) groups is 1. The minimum Gasteiger partial charge on any atom is -0.477 e. The zero-order chi connectivity index (χ0) is 25.7. The van der Waals surface area contributed by atoms with Crippen molar-refractivity contribution in [3.63, 3.8) is 0 Å². The Labute approximate surface area is 211 Å². The lowest BCUT2D eigenvalue weighted by atomic mass is 10.0. The number of ether oxygens (including phenoxy) is 2. The molecule has 0 radical (unpaired) electrons. The first-order chi connectivity index (χ1) is 17.3. The van der Waals surface area contributed by atoms with E-state index in [1.807, 2.05) is 19.1 Å². The molecular formula is C27H32N2O6S. The number of aryl methyl sites for hydroxylation is 1. The molecule has 3 aromatic rings. The van der Waals surface area contributed by atoms with Gasteiger partial charge in [-0.1, -0.05) is 19.1 Å². The Hall–Kier alpha value is -3.01. The van der Waals surface area contributed by atoms with Crippen LogP contribution in [-0.4, -0.2) is 56.6 Å². The summed E-state index contributed by atoms with van der Waals surface area (Å²) in [5.74, 6) is 0.651. The van der Waals surface area contributed by atoms with Crippen LogP contribution in [0.25, 0.3) is 10.8 Å². The van der Waals surface area contributed by atoms with Crippen LogP contribution < -0.4 is 10.1 Å².